The largest absolute Gasteiger partial charge is 0.480 e. The maximum absolute atomic E-state index is 11.4. The van der Waals surface area contributed by atoms with E-state index in [2.05, 4.69) is 12.1 Å². The van der Waals surface area contributed by atoms with Crippen LogP contribution in [0, 0.1) is 0 Å². The zero-order valence-electron chi connectivity index (χ0n) is 10.9. The molecular formula is C15H19NO2. The van der Waals surface area contributed by atoms with E-state index in [1.54, 1.807) is 0 Å². The molecular weight excluding hydrogens is 226 g/mol. The van der Waals surface area contributed by atoms with Crippen LogP contribution < -0.4 is 0 Å². The minimum Gasteiger partial charge on any atom is -0.480 e. The lowest BCUT2D eigenvalue weighted by Crippen LogP contribution is -2.45. The van der Waals surface area contributed by atoms with Crippen molar-refractivity contribution in [1.82, 2.24) is 4.90 Å². The Morgan fingerprint density at radius 2 is 2.06 bits per heavy atom. The number of aliphatic carboxylic acids is 1. The summed E-state index contributed by atoms with van der Waals surface area (Å²) in [6.07, 6.45) is 2.69. The van der Waals surface area contributed by atoms with E-state index in [-0.39, 0.29) is 0 Å². The Kier molecular flexibility index (Phi) is 3.82. The number of allylic oxidation sites excluding steroid dienone is 1. The normalized spacial score (nSPS) is 19.1. The fraction of sp³-hybridized carbons (Fsp3) is 0.400. The molecule has 0 saturated carbocycles. The standard InChI is InChI=1S/C15H19NO2/c1-11(2)7-8-16-10-13-6-4-3-5-12(13)9-14(16)15(17)18/h3-7,14H,8-10H2,1-2H3,(H,17,18)/t14-/m0/s1. The van der Waals surface area contributed by atoms with Crippen molar-refractivity contribution in [2.75, 3.05) is 6.54 Å². The molecule has 96 valence electrons. The van der Waals surface area contributed by atoms with Crippen LogP contribution in [-0.4, -0.2) is 28.6 Å². The van der Waals surface area contributed by atoms with Crippen LogP contribution in [-0.2, 0) is 17.8 Å². The second kappa shape index (κ2) is 5.36. The molecule has 0 aromatic heterocycles. The van der Waals surface area contributed by atoms with Crippen LogP contribution in [0.25, 0.3) is 0 Å². The Labute approximate surface area is 108 Å². The molecule has 1 aliphatic rings. The summed E-state index contributed by atoms with van der Waals surface area (Å²) in [6, 6.07) is 7.70. The van der Waals surface area contributed by atoms with Crippen molar-refractivity contribution >= 4 is 5.97 Å². The lowest BCUT2D eigenvalue weighted by molar-refractivity contribution is -0.143. The summed E-state index contributed by atoms with van der Waals surface area (Å²) in [5.41, 5.74) is 3.63. The van der Waals surface area contributed by atoms with E-state index in [0.717, 1.165) is 6.54 Å². The van der Waals surface area contributed by atoms with Crippen molar-refractivity contribution in [2.45, 2.75) is 32.9 Å². The first-order valence-corrected chi connectivity index (χ1v) is 6.25. The summed E-state index contributed by atoms with van der Waals surface area (Å²) < 4.78 is 0. The van der Waals surface area contributed by atoms with Crippen molar-refractivity contribution in [3.63, 3.8) is 0 Å². The molecule has 0 spiro atoms. The SMILES string of the molecule is CC(C)=CCN1Cc2ccccc2C[C@H]1C(=O)O. The van der Waals surface area contributed by atoms with Crippen molar-refractivity contribution in [3.8, 4) is 0 Å². The third-order valence-electron chi connectivity index (χ3n) is 3.36. The number of carboxylic acid groups (broad SMARTS) is 1. The zero-order chi connectivity index (χ0) is 13.1. The lowest BCUT2D eigenvalue weighted by atomic mass is 9.94. The van der Waals surface area contributed by atoms with Gasteiger partial charge >= 0.3 is 5.97 Å². The highest BCUT2D eigenvalue weighted by atomic mass is 16.4. The quantitative estimate of drug-likeness (QED) is 0.832. The first-order chi connectivity index (χ1) is 8.58. The van der Waals surface area contributed by atoms with Gasteiger partial charge in [0.25, 0.3) is 0 Å². The molecule has 18 heavy (non-hydrogen) atoms. The van der Waals surface area contributed by atoms with Crippen molar-refractivity contribution in [1.29, 1.82) is 0 Å². The van der Waals surface area contributed by atoms with Gasteiger partial charge in [-0.3, -0.25) is 9.69 Å². The number of hydrogen-bond acceptors (Lipinski definition) is 2. The Balaban J connectivity index is 2.23. The van der Waals surface area contributed by atoms with E-state index in [1.165, 1.54) is 16.7 Å². The number of nitrogens with zero attached hydrogens (tertiary/aromatic N) is 1. The smallest absolute Gasteiger partial charge is 0.321 e. The molecule has 3 heteroatoms. The van der Waals surface area contributed by atoms with Gasteiger partial charge in [0, 0.05) is 13.1 Å². The van der Waals surface area contributed by atoms with E-state index in [1.807, 2.05) is 36.9 Å². The fourth-order valence-electron chi connectivity index (χ4n) is 2.31. The second-order valence-electron chi connectivity index (χ2n) is 5.04. The van der Waals surface area contributed by atoms with E-state index in [0.29, 0.717) is 13.0 Å². The highest BCUT2D eigenvalue weighted by Crippen LogP contribution is 2.23. The van der Waals surface area contributed by atoms with Gasteiger partial charge in [-0.2, -0.15) is 0 Å². The van der Waals surface area contributed by atoms with Crippen LogP contribution in [0.3, 0.4) is 0 Å². The monoisotopic (exact) mass is 245 g/mol. The third kappa shape index (κ3) is 2.79. The van der Waals surface area contributed by atoms with Gasteiger partial charge in [-0.05, 0) is 31.4 Å². The Bertz CT molecular complexity index is 475. The van der Waals surface area contributed by atoms with E-state index >= 15 is 0 Å². The average molecular weight is 245 g/mol. The number of hydrogen-bond donors (Lipinski definition) is 1. The highest BCUT2D eigenvalue weighted by Gasteiger charge is 2.30. The summed E-state index contributed by atoms with van der Waals surface area (Å²) in [7, 11) is 0. The van der Waals surface area contributed by atoms with Crippen LogP contribution in [0.5, 0.6) is 0 Å². The Hall–Kier alpha value is -1.61. The first-order valence-electron chi connectivity index (χ1n) is 6.25. The predicted octanol–water partition coefficient (Wildman–Crippen LogP) is 2.46. The molecule has 3 nitrogen and oxygen atoms in total. The van der Waals surface area contributed by atoms with Gasteiger partial charge < -0.3 is 5.11 Å². The topological polar surface area (TPSA) is 40.5 Å². The second-order valence-corrected chi connectivity index (χ2v) is 5.04. The first kappa shape index (κ1) is 12.8. The number of benzene rings is 1. The third-order valence-corrected chi connectivity index (χ3v) is 3.36. The summed E-state index contributed by atoms with van der Waals surface area (Å²) in [5, 5.41) is 9.34. The minimum absolute atomic E-state index is 0.407. The van der Waals surface area contributed by atoms with Gasteiger partial charge in [-0.1, -0.05) is 35.9 Å². The van der Waals surface area contributed by atoms with Crippen LogP contribution >= 0.6 is 0 Å². The molecule has 0 saturated heterocycles. The zero-order valence-corrected chi connectivity index (χ0v) is 10.9. The molecule has 1 aliphatic heterocycles. The molecule has 0 fully saturated rings. The van der Waals surface area contributed by atoms with Gasteiger partial charge in [0.15, 0.2) is 0 Å². The maximum Gasteiger partial charge on any atom is 0.321 e. The van der Waals surface area contributed by atoms with Gasteiger partial charge in [-0.15, -0.1) is 0 Å². The molecule has 1 heterocycles. The maximum atomic E-state index is 11.4. The summed E-state index contributed by atoms with van der Waals surface area (Å²) in [5.74, 6) is -0.730. The lowest BCUT2D eigenvalue weighted by Gasteiger charge is -2.33. The summed E-state index contributed by atoms with van der Waals surface area (Å²) >= 11 is 0. The summed E-state index contributed by atoms with van der Waals surface area (Å²) in [4.78, 5) is 13.4. The molecule has 1 aromatic carbocycles. The summed E-state index contributed by atoms with van der Waals surface area (Å²) in [6.45, 7) is 5.49. The number of rotatable bonds is 3. The van der Waals surface area contributed by atoms with Crippen LogP contribution in [0.4, 0.5) is 0 Å². The van der Waals surface area contributed by atoms with E-state index in [4.69, 9.17) is 0 Å². The van der Waals surface area contributed by atoms with Crippen molar-refractivity contribution in [2.24, 2.45) is 0 Å². The highest BCUT2D eigenvalue weighted by molar-refractivity contribution is 5.74. The molecule has 2 rings (SSSR count). The van der Waals surface area contributed by atoms with Gasteiger partial charge in [0.1, 0.15) is 6.04 Å². The van der Waals surface area contributed by atoms with E-state index < -0.39 is 12.0 Å². The minimum atomic E-state index is -0.730. The molecule has 0 radical (unpaired) electrons. The molecule has 0 aliphatic carbocycles. The Morgan fingerprint density at radius 1 is 1.39 bits per heavy atom. The van der Waals surface area contributed by atoms with Crippen LogP contribution in [0.15, 0.2) is 35.9 Å². The molecule has 0 amide bonds. The Morgan fingerprint density at radius 3 is 2.67 bits per heavy atom. The molecule has 1 atom stereocenters. The van der Waals surface area contributed by atoms with Crippen molar-refractivity contribution < 1.29 is 9.90 Å². The number of carbonyl (C=O) groups is 1. The number of fused-ring (bicyclic) bond motifs is 1. The van der Waals surface area contributed by atoms with Gasteiger partial charge in [0.05, 0.1) is 0 Å². The molecule has 1 aromatic rings. The van der Waals surface area contributed by atoms with Gasteiger partial charge in [0.2, 0.25) is 0 Å². The van der Waals surface area contributed by atoms with Crippen LogP contribution in [0.2, 0.25) is 0 Å². The molecule has 0 bridgehead atoms. The predicted molar refractivity (Wildman–Crippen MR) is 71.4 cm³/mol. The molecule has 1 N–H and O–H groups in total. The van der Waals surface area contributed by atoms with E-state index in [9.17, 15) is 9.90 Å². The molecule has 0 unspecified atom stereocenters. The fourth-order valence-corrected chi connectivity index (χ4v) is 2.31. The van der Waals surface area contributed by atoms with Crippen molar-refractivity contribution in [3.05, 3.63) is 47.0 Å². The average Bonchev–Trinajstić information content (AvgIpc) is 2.35. The number of carboxylic acids is 1. The van der Waals surface area contributed by atoms with Crippen LogP contribution in [0.1, 0.15) is 25.0 Å². The van der Waals surface area contributed by atoms with Gasteiger partial charge in [-0.25, -0.2) is 0 Å².